The summed E-state index contributed by atoms with van der Waals surface area (Å²) in [5, 5.41) is 3.20. The molecule has 1 atom stereocenters. The van der Waals surface area contributed by atoms with Gasteiger partial charge < -0.3 is 10.2 Å². The number of hydrogen-bond acceptors (Lipinski definition) is 2. The third kappa shape index (κ3) is 2.84. The first-order chi connectivity index (χ1) is 6.25. The summed E-state index contributed by atoms with van der Waals surface area (Å²) in [4.78, 5) is 13.6. The zero-order valence-corrected chi connectivity index (χ0v) is 8.25. The summed E-state index contributed by atoms with van der Waals surface area (Å²) in [5.41, 5.74) is 0. The summed E-state index contributed by atoms with van der Waals surface area (Å²) in [6, 6.07) is -0.0414. The molecule has 3 nitrogen and oxygen atoms in total. The second kappa shape index (κ2) is 5.02. The molecule has 3 heteroatoms. The molecular formula is C10H18N2O. The summed E-state index contributed by atoms with van der Waals surface area (Å²) in [7, 11) is 0. The number of hydrogen-bond donors (Lipinski definition) is 1. The van der Waals surface area contributed by atoms with Gasteiger partial charge in [0, 0.05) is 13.1 Å². The molecule has 0 aromatic rings. The van der Waals surface area contributed by atoms with E-state index in [-0.39, 0.29) is 11.9 Å². The number of rotatable bonds is 2. The highest BCUT2D eigenvalue weighted by molar-refractivity contribution is 5.81. The van der Waals surface area contributed by atoms with Crippen LogP contribution >= 0.6 is 0 Å². The van der Waals surface area contributed by atoms with E-state index in [1.807, 2.05) is 11.8 Å². The minimum absolute atomic E-state index is 0.0414. The fourth-order valence-electron chi connectivity index (χ4n) is 1.55. The molecule has 1 aliphatic rings. The molecule has 0 aliphatic carbocycles. The highest BCUT2D eigenvalue weighted by Gasteiger charge is 2.20. The Morgan fingerprint density at radius 1 is 1.69 bits per heavy atom. The standard InChI is InChI=1S/C10H18N2O/c1-3-7-12-8-5-4-6-11-9(2)10(12)13/h3,9,11H,1,4-8H2,2H3. The molecule has 0 bridgehead atoms. The van der Waals surface area contributed by atoms with Crippen molar-refractivity contribution in [2.75, 3.05) is 19.6 Å². The average molecular weight is 182 g/mol. The van der Waals surface area contributed by atoms with Gasteiger partial charge in [0.2, 0.25) is 5.91 Å². The van der Waals surface area contributed by atoms with E-state index in [0.29, 0.717) is 6.54 Å². The number of carbonyl (C=O) groups excluding carboxylic acids is 1. The zero-order valence-electron chi connectivity index (χ0n) is 8.25. The minimum Gasteiger partial charge on any atom is -0.338 e. The first-order valence-electron chi connectivity index (χ1n) is 4.88. The monoisotopic (exact) mass is 182 g/mol. The van der Waals surface area contributed by atoms with Gasteiger partial charge in [-0.25, -0.2) is 0 Å². The van der Waals surface area contributed by atoms with Gasteiger partial charge in [0.05, 0.1) is 6.04 Å². The van der Waals surface area contributed by atoms with Crippen molar-refractivity contribution >= 4 is 5.91 Å². The molecule has 74 valence electrons. The summed E-state index contributed by atoms with van der Waals surface area (Å²) in [6.07, 6.45) is 4.01. The number of carbonyl (C=O) groups is 1. The van der Waals surface area contributed by atoms with E-state index >= 15 is 0 Å². The molecule has 1 rings (SSSR count). The van der Waals surface area contributed by atoms with Gasteiger partial charge in [0.25, 0.3) is 0 Å². The van der Waals surface area contributed by atoms with Crippen LogP contribution in [0.1, 0.15) is 19.8 Å². The maximum atomic E-state index is 11.7. The van der Waals surface area contributed by atoms with Gasteiger partial charge >= 0.3 is 0 Å². The van der Waals surface area contributed by atoms with Crippen LogP contribution in [-0.4, -0.2) is 36.5 Å². The van der Waals surface area contributed by atoms with E-state index in [9.17, 15) is 4.79 Å². The fourth-order valence-corrected chi connectivity index (χ4v) is 1.55. The van der Waals surface area contributed by atoms with Gasteiger partial charge in [-0.2, -0.15) is 0 Å². The van der Waals surface area contributed by atoms with E-state index in [1.54, 1.807) is 6.08 Å². The normalized spacial score (nSPS) is 25.2. The van der Waals surface area contributed by atoms with Crippen molar-refractivity contribution in [1.82, 2.24) is 10.2 Å². The molecule has 13 heavy (non-hydrogen) atoms. The molecule has 1 N–H and O–H groups in total. The first-order valence-corrected chi connectivity index (χ1v) is 4.88. The van der Waals surface area contributed by atoms with Crippen molar-refractivity contribution in [3.63, 3.8) is 0 Å². The lowest BCUT2D eigenvalue weighted by Gasteiger charge is -2.27. The van der Waals surface area contributed by atoms with Crippen molar-refractivity contribution < 1.29 is 4.79 Å². The fraction of sp³-hybridized carbons (Fsp3) is 0.700. The largest absolute Gasteiger partial charge is 0.338 e. The summed E-state index contributed by atoms with van der Waals surface area (Å²) in [5.74, 6) is 0.194. The Labute approximate surface area is 79.8 Å². The molecular weight excluding hydrogens is 164 g/mol. The van der Waals surface area contributed by atoms with Crippen LogP contribution in [0.4, 0.5) is 0 Å². The van der Waals surface area contributed by atoms with Crippen molar-refractivity contribution in [2.45, 2.75) is 25.8 Å². The molecule has 1 aliphatic heterocycles. The van der Waals surface area contributed by atoms with Gasteiger partial charge in [-0.05, 0) is 26.3 Å². The van der Waals surface area contributed by atoms with E-state index in [2.05, 4.69) is 11.9 Å². The Balaban J connectivity index is 2.56. The predicted octanol–water partition coefficient (Wildman–Crippen LogP) is 0.773. The Hall–Kier alpha value is -0.830. The van der Waals surface area contributed by atoms with Gasteiger partial charge in [-0.3, -0.25) is 4.79 Å². The Kier molecular flexibility index (Phi) is 3.96. The van der Waals surface area contributed by atoms with Crippen LogP contribution in [0, 0.1) is 0 Å². The summed E-state index contributed by atoms with van der Waals surface area (Å²) >= 11 is 0. The molecule has 1 unspecified atom stereocenters. The molecule has 0 aromatic carbocycles. The molecule has 0 saturated carbocycles. The highest BCUT2D eigenvalue weighted by Crippen LogP contribution is 2.03. The number of amides is 1. The Morgan fingerprint density at radius 3 is 3.15 bits per heavy atom. The van der Waals surface area contributed by atoms with Crippen LogP contribution < -0.4 is 5.32 Å². The molecule has 1 amide bonds. The van der Waals surface area contributed by atoms with E-state index < -0.39 is 0 Å². The third-order valence-electron chi connectivity index (χ3n) is 2.34. The second-order valence-electron chi connectivity index (χ2n) is 3.46. The van der Waals surface area contributed by atoms with Crippen LogP contribution in [0.2, 0.25) is 0 Å². The van der Waals surface area contributed by atoms with E-state index in [4.69, 9.17) is 0 Å². The minimum atomic E-state index is -0.0414. The van der Waals surface area contributed by atoms with Crippen molar-refractivity contribution in [3.05, 3.63) is 12.7 Å². The van der Waals surface area contributed by atoms with Crippen molar-refractivity contribution in [2.24, 2.45) is 0 Å². The van der Waals surface area contributed by atoms with Gasteiger partial charge in [0.15, 0.2) is 0 Å². The first kappa shape index (κ1) is 10.3. The highest BCUT2D eigenvalue weighted by atomic mass is 16.2. The smallest absolute Gasteiger partial charge is 0.239 e. The lowest BCUT2D eigenvalue weighted by molar-refractivity contribution is -0.133. The van der Waals surface area contributed by atoms with Gasteiger partial charge in [-0.1, -0.05) is 6.08 Å². The van der Waals surface area contributed by atoms with Crippen LogP contribution in [0.3, 0.4) is 0 Å². The molecule has 1 heterocycles. The van der Waals surface area contributed by atoms with Crippen LogP contribution in [0.25, 0.3) is 0 Å². The Morgan fingerprint density at radius 2 is 2.46 bits per heavy atom. The molecule has 1 saturated heterocycles. The van der Waals surface area contributed by atoms with Crippen LogP contribution in [0.5, 0.6) is 0 Å². The van der Waals surface area contributed by atoms with E-state index in [0.717, 1.165) is 25.9 Å². The summed E-state index contributed by atoms with van der Waals surface area (Å²) in [6.45, 7) is 8.07. The molecule has 0 radical (unpaired) electrons. The predicted molar refractivity (Wildman–Crippen MR) is 53.5 cm³/mol. The van der Waals surface area contributed by atoms with Gasteiger partial charge in [-0.15, -0.1) is 6.58 Å². The maximum Gasteiger partial charge on any atom is 0.239 e. The van der Waals surface area contributed by atoms with Crippen molar-refractivity contribution in [1.29, 1.82) is 0 Å². The molecule has 0 aromatic heterocycles. The van der Waals surface area contributed by atoms with Crippen LogP contribution in [-0.2, 0) is 4.79 Å². The summed E-state index contributed by atoms with van der Waals surface area (Å²) < 4.78 is 0. The molecule has 1 fully saturated rings. The van der Waals surface area contributed by atoms with Gasteiger partial charge in [0.1, 0.15) is 0 Å². The third-order valence-corrected chi connectivity index (χ3v) is 2.34. The maximum absolute atomic E-state index is 11.7. The topological polar surface area (TPSA) is 32.3 Å². The number of nitrogens with one attached hydrogen (secondary N) is 1. The van der Waals surface area contributed by atoms with Crippen LogP contribution in [0.15, 0.2) is 12.7 Å². The lowest BCUT2D eigenvalue weighted by atomic mass is 10.2. The van der Waals surface area contributed by atoms with Crippen molar-refractivity contribution in [3.8, 4) is 0 Å². The zero-order chi connectivity index (χ0) is 9.68. The second-order valence-corrected chi connectivity index (χ2v) is 3.46. The average Bonchev–Trinajstić information content (AvgIpc) is 2.12. The Bertz CT molecular complexity index is 191. The van der Waals surface area contributed by atoms with E-state index in [1.165, 1.54) is 0 Å². The number of nitrogens with zero attached hydrogens (tertiary/aromatic N) is 1. The SMILES string of the molecule is C=CCN1CCCCNC(C)C1=O. The molecule has 0 spiro atoms. The lowest BCUT2D eigenvalue weighted by Crippen LogP contribution is -2.47. The quantitative estimate of drug-likeness (QED) is 0.640.